The molecule has 0 aromatic heterocycles. The van der Waals surface area contributed by atoms with E-state index < -0.39 is 18.3 Å². The number of allylic oxidation sites excluding steroid dienone is 2. The third kappa shape index (κ3) is 11.9. The number of carbonyl (C=O) groups excluding carboxylic acids is 2. The molecule has 230 valence electrons. The number of nitrogens with zero attached hydrogens (tertiary/aromatic N) is 1. The fraction of sp³-hybridized carbons (Fsp3) is 0.765. The molecule has 40 heavy (non-hydrogen) atoms. The third-order valence-corrected chi connectivity index (χ3v) is 8.32. The number of unbranched alkanes of at least 4 members (excludes halogenated alkanes) is 7. The maximum absolute atomic E-state index is 13.0. The van der Waals surface area contributed by atoms with Crippen LogP contribution in [0.15, 0.2) is 34.9 Å². The average Bonchev–Trinajstić information content (AvgIpc) is 3.29. The molecule has 1 fully saturated rings. The van der Waals surface area contributed by atoms with E-state index >= 15 is 0 Å². The summed E-state index contributed by atoms with van der Waals surface area (Å²) in [5.41, 5.74) is 2.19. The Morgan fingerprint density at radius 3 is 2.08 bits per heavy atom. The second-order valence-electron chi connectivity index (χ2n) is 12.6. The molecular formula is C34H59NO5. The van der Waals surface area contributed by atoms with E-state index in [-0.39, 0.29) is 42.2 Å². The van der Waals surface area contributed by atoms with Crippen molar-refractivity contribution in [1.29, 1.82) is 0 Å². The van der Waals surface area contributed by atoms with Crippen LogP contribution in [0.25, 0.3) is 0 Å². The number of cyclic esters (lactones) is 1. The fourth-order valence-corrected chi connectivity index (χ4v) is 5.62. The van der Waals surface area contributed by atoms with Gasteiger partial charge in [-0.15, -0.1) is 0 Å². The van der Waals surface area contributed by atoms with Crippen LogP contribution in [0.3, 0.4) is 0 Å². The van der Waals surface area contributed by atoms with Crippen molar-refractivity contribution in [3.8, 4) is 0 Å². The van der Waals surface area contributed by atoms with Crippen LogP contribution in [0.1, 0.15) is 120 Å². The molecule has 1 aliphatic heterocycles. The van der Waals surface area contributed by atoms with Gasteiger partial charge in [-0.3, -0.25) is 4.79 Å². The Morgan fingerprint density at radius 2 is 1.50 bits per heavy atom. The molecule has 0 bridgehead atoms. The highest BCUT2D eigenvalue weighted by atomic mass is 16.6. The molecule has 0 aliphatic carbocycles. The van der Waals surface area contributed by atoms with Crippen molar-refractivity contribution in [3.05, 3.63) is 34.9 Å². The second-order valence-corrected chi connectivity index (χ2v) is 12.6. The molecule has 0 aromatic carbocycles. The van der Waals surface area contributed by atoms with Crippen LogP contribution < -0.4 is 0 Å². The monoisotopic (exact) mass is 561 g/mol. The Morgan fingerprint density at radius 1 is 0.925 bits per heavy atom. The summed E-state index contributed by atoms with van der Waals surface area (Å²) in [6.07, 6.45) is 15.3. The van der Waals surface area contributed by atoms with Gasteiger partial charge in [0.15, 0.2) is 0 Å². The summed E-state index contributed by atoms with van der Waals surface area (Å²) in [5, 5.41) is 21.8. The fourth-order valence-electron chi connectivity index (χ4n) is 5.62. The van der Waals surface area contributed by atoms with E-state index in [1.807, 2.05) is 47.6 Å². The van der Waals surface area contributed by atoms with Crippen molar-refractivity contribution >= 4 is 12.0 Å². The Balaban J connectivity index is 2.66. The Labute approximate surface area is 244 Å². The molecule has 0 spiro atoms. The number of aliphatic hydroxyl groups excluding tert-OH is 2. The molecule has 1 rings (SSSR count). The van der Waals surface area contributed by atoms with E-state index in [4.69, 9.17) is 4.74 Å². The highest BCUT2D eigenvalue weighted by Gasteiger charge is 2.40. The molecular weight excluding hydrogens is 502 g/mol. The van der Waals surface area contributed by atoms with Gasteiger partial charge in [0.1, 0.15) is 6.61 Å². The lowest BCUT2D eigenvalue weighted by Crippen LogP contribution is -2.42. The topological polar surface area (TPSA) is 87.1 Å². The van der Waals surface area contributed by atoms with Gasteiger partial charge in [0.2, 0.25) is 0 Å². The molecule has 0 saturated carbocycles. The minimum Gasteiger partial charge on any atom is -0.447 e. The largest absolute Gasteiger partial charge is 0.447 e. The van der Waals surface area contributed by atoms with E-state index in [9.17, 15) is 19.8 Å². The summed E-state index contributed by atoms with van der Waals surface area (Å²) in [6.45, 7) is 18.0. The molecule has 0 unspecified atom stereocenters. The molecule has 1 aliphatic rings. The summed E-state index contributed by atoms with van der Waals surface area (Å²) < 4.78 is 5.11. The highest BCUT2D eigenvalue weighted by Crippen LogP contribution is 2.25. The van der Waals surface area contributed by atoms with Gasteiger partial charge in [0, 0.05) is 17.4 Å². The molecule has 6 atom stereocenters. The standard InChI is InChI=1S/C34H59NO5/c1-10-11-12-13-14-15-16-17-18-25(5)31(36)26(6)19-24(4)20-27(7)32(37)28(8)21-29(9)33(38)35-30(23(2)3)22-40-34(35)39/h19-21,23,25-26,28,30-32,36-37H,10-18,22H2,1-9H3/b24-19+,27-20+,29-21+/t25-,26-,28+,30-,31+,32-/m0/s1. The van der Waals surface area contributed by atoms with Crippen molar-refractivity contribution in [1.82, 2.24) is 4.90 Å². The predicted octanol–water partition coefficient (Wildman–Crippen LogP) is 7.99. The molecule has 2 N–H and O–H groups in total. The Bertz CT molecular complexity index is 874. The van der Waals surface area contributed by atoms with Gasteiger partial charge in [0.25, 0.3) is 5.91 Å². The van der Waals surface area contributed by atoms with Gasteiger partial charge < -0.3 is 14.9 Å². The zero-order valence-electron chi connectivity index (χ0n) is 26.9. The first-order chi connectivity index (χ1) is 18.8. The molecule has 2 amide bonds. The lowest BCUT2D eigenvalue weighted by atomic mass is 9.88. The summed E-state index contributed by atoms with van der Waals surface area (Å²) in [5.74, 6) is -0.346. The number of amides is 2. The van der Waals surface area contributed by atoms with Crippen LogP contribution in [-0.4, -0.2) is 52.0 Å². The van der Waals surface area contributed by atoms with Gasteiger partial charge in [-0.05, 0) is 44.6 Å². The van der Waals surface area contributed by atoms with Crippen LogP contribution in [0, 0.1) is 23.7 Å². The van der Waals surface area contributed by atoms with Crippen molar-refractivity contribution in [2.45, 2.75) is 138 Å². The van der Waals surface area contributed by atoms with Gasteiger partial charge in [-0.1, -0.05) is 117 Å². The van der Waals surface area contributed by atoms with Crippen LogP contribution in [0.5, 0.6) is 0 Å². The number of aliphatic hydroxyl groups is 2. The van der Waals surface area contributed by atoms with Crippen molar-refractivity contribution in [2.24, 2.45) is 23.7 Å². The van der Waals surface area contributed by atoms with E-state index in [1.165, 1.54) is 49.8 Å². The summed E-state index contributed by atoms with van der Waals surface area (Å²) in [4.78, 5) is 26.3. The van der Waals surface area contributed by atoms with Crippen molar-refractivity contribution in [3.63, 3.8) is 0 Å². The number of hydrogen-bond acceptors (Lipinski definition) is 5. The molecule has 0 aromatic rings. The van der Waals surface area contributed by atoms with E-state index in [1.54, 1.807) is 13.0 Å². The highest BCUT2D eigenvalue weighted by molar-refractivity contribution is 6.03. The molecule has 1 heterocycles. The average molecular weight is 562 g/mol. The first kappa shape index (κ1) is 36.1. The molecule has 6 nitrogen and oxygen atoms in total. The lowest BCUT2D eigenvalue weighted by Gasteiger charge is -2.24. The number of ether oxygens (including phenoxy) is 1. The number of rotatable bonds is 18. The Hall–Kier alpha value is -1.92. The summed E-state index contributed by atoms with van der Waals surface area (Å²) in [7, 11) is 0. The third-order valence-electron chi connectivity index (χ3n) is 8.32. The van der Waals surface area contributed by atoms with Gasteiger partial charge in [-0.2, -0.15) is 0 Å². The van der Waals surface area contributed by atoms with Crippen LogP contribution in [0.2, 0.25) is 0 Å². The SMILES string of the molecule is CCCCCCCCCC[C@H](C)[C@@H](O)[C@@H](C)/C=C(C)/C=C(\C)[C@H](O)[C@H](C)/C=C(\C)C(=O)N1C(=O)OC[C@H]1C(C)C. The lowest BCUT2D eigenvalue weighted by molar-refractivity contribution is -0.125. The normalized spacial score (nSPS) is 20.9. The van der Waals surface area contributed by atoms with Gasteiger partial charge in [-0.25, -0.2) is 9.69 Å². The first-order valence-electron chi connectivity index (χ1n) is 15.7. The molecule has 1 saturated heterocycles. The first-order valence-corrected chi connectivity index (χ1v) is 15.7. The van der Waals surface area contributed by atoms with Gasteiger partial charge in [0.05, 0.1) is 18.2 Å². The zero-order valence-corrected chi connectivity index (χ0v) is 26.9. The maximum atomic E-state index is 13.0. The second kappa shape index (κ2) is 18.5. The number of carbonyl (C=O) groups is 2. The number of imide groups is 1. The maximum Gasteiger partial charge on any atom is 0.417 e. The summed E-state index contributed by atoms with van der Waals surface area (Å²) in [6, 6.07) is -0.279. The van der Waals surface area contributed by atoms with Crippen LogP contribution in [0.4, 0.5) is 4.79 Å². The van der Waals surface area contributed by atoms with Crippen LogP contribution >= 0.6 is 0 Å². The van der Waals surface area contributed by atoms with E-state index in [2.05, 4.69) is 19.9 Å². The Kier molecular flexibility index (Phi) is 16.7. The van der Waals surface area contributed by atoms with E-state index in [0.717, 1.165) is 24.0 Å². The van der Waals surface area contributed by atoms with Crippen molar-refractivity contribution < 1.29 is 24.5 Å². The minimum absolute atomic E-state index is 0.0107. The van der Waals surface area contributed by atoms with Crippen LogP contribution in [-0.2, 0) is 9.53 Å². The molecule has 6 heteroatoms. The smallest absolute Gasteiger partial charge is 0.417 e. The zero-order chi connectivity index (χ0) is 30.4. The quantitative estimate of drug-likeness (QED) is 0.101. The predicted molar refractivity (Wildman–Crippen MR) is 165 cm³/mol. The molecule has 0 radical (unpaired) electrons. The van der Waals surface area contributed by atoms with E-state index in [0.29, 0.717) is 5.57 Å². The van der Waals surface area contributed by atoms with Crippen molar-refractivity contribution in [2.75, 3.05) is 6.61 Å². The summed E-state index contributed by atoms with van der Waals surface area (Å²) >= 11 is 0. The van der Waals surface area contributed by atoms with Gasteiger partial charge >= 0.3 is 6.09 Å². The number of hydrogen-bond donors (Lipinski definition) is 2. The minimum atomic E-state index is -0.779.